The maximum atomic E-state index is 6.43. The first-order valence-electron chi connectivity index (χ1n) is 10.5. The maximum Gasteiger partial charge on any atom is 0.227 e. The fourth-order valence-electron chi connectivity index (χ4n) is 4.10. The third-order valence-corrected chi connectivity index (χ3v) is 5.77. The number of rotatable bonds is 3. The molecule has 0 fully saturated rings. The molecule has 0 bridgehead atoms. The van der Waals surface area contributed by atoms with E-state index in [1.807, 2.05) is 42.6 Å². The van der Waals surface area contributed by atoms with Crippen molar-refractivity contribution in [1.29, 1.82) is 0 Å². The molecule has 0 aliphatic rings. The fraction of sp³-hybridized carbons (Fsp3) is 0.111. The normalized spacial score (nSPS) is 11.8. The van der Waals surface area contributed by atoms with Gasteiger partial charge in [0.25, 0.3) is 0 Å². The summed E-state index contributed by atoms with van der Waals surface area (Å²) in [5, 5.41) is 2.06. The number of pyridine rings is 1. The zero-order valence-corrected chi connectivity index (χ0v) is 17.3. The number of hydrogen-bond donors (Lipinski definition) is 0. The summed E-state index contributed by atoms with van der Waals surface area (Å²) in [6.07, 6.45) is 1.87. The second kappa shape index (κ2) is 6.81. The Morgan fingerprint density at radius 2 is 1.58 bits per heavy atom. The number of para-hydroxylation sites is 1. The number of aromatic nitrogens is 2. The smallest absolute Gasteiger partial charge is 0.227 e. The molecule has 150 valence electrons. The van der Waals surface area contributed by atoms with Crippen LogP contribution in [0.2, 0.25) is 0 Å². The monoisotopic (exact) mass is 404 g/mol. The molecule has 0 spiro atoms. The van der Waals surface area contributed by atoms with E-state index in [4.69, 9.17) is 8.83 Å². The third kappa shape index (κ3) is 2.83. The molecule has 6 aromatic rings. The first kappa shape index (κ1) is 17.9. The van der Waals surface area contributed by atoms with Crippen LogP contribution in [0.1, 0.15) is 25.3 Å². The van der Waals surface area contributed by atoms with E-state index in [1.165, 1.54) is 5.56 Å². The molecule has 4 nitrogen and oxygen atoms in total. The lowest BCUT2D eigenvalue weighted by Crippen LogP contribution is -1.90. The highest BCUT2D eigenvalue weighted by Gasteiger charge is 2.18. The number of oxazole rings is 1. The number of furan rings is 1. The largest absolute Gasteiger partial charge is 0.451 e. The van der Waals surface area contributed by atoms with Gasteiger partial charge in [-0.25, -0.2) is 4.98 Å². The quantitative estimate of drug-likeness (QED) is 0.305. The van der Waals surface area contributed by atoms with Crippen LogP contribution in [-0.4, -0.2) is 9.97 Å². The molecule has 3 aromatic heterocycles. The van der Waals surface area contributed by atoms with Gasteiger partial charge in [0.15, 0.2) is 11.2 Å². The van der Waals surface area contributed by atoms with Crippen molar-refractivity contribution in [3.63, 3.8) is 0 Å². The van der Waals surface area contributed by atoms with Crippen LogP contribution < -0.4 is 0 Å². The molecular formula is C27H20N2O2. The predicted octanol–water partition coefficient (Wildman–Crippen LogP) is 7.58. The van der Waals surface area contributed by atoms with Gasteiger partial charge in [0.1, 0.15) is 11.1 Å². The molecule has 0 saturated heterocycles. The summed E-state index contributed by atoms with van der Waals surface area (Å²) in [5.74, 6) is 1.02. The van der Waals surface area contributed by atoms with Gasteiger partial charge in [-0.1, -0.05) is 44.2 Å². The topological polar surface area (TPSA) is 52.1 Å². The molecule has 0 atom stereocenters. The number of nitrogens with zero attached hydrogens (tertiary/aromatic N) is 2. The number of fused-ring (bicyclic) bond motifs is 5. The van der Waals surface area contributed by atoms with E-state index in [9.17, 15) is 0 Å². The fourth-order valence-corrected chi connectivity index (χ4v) is 4.10. The molecule has 31 heavy (non-hydrogen) atoms. The molecular weight excluding hydrogens is 384 g/mol. The predicted molar refractivity (Wildman–Crippen MR) is 124 cm³/mol. The second-order valence-corrected chi connectivity index (χ2v) is 8.09. The van der Waals surface area contributed by atoms with Crippen molar-refractivity contribution in [2.75, 3.05) is 0 Å². The number of benzene rings is 3. The van der Waals surface area contributed by atoms with Gasteiger partial charge in [-0.3, -0.25) is 4.98 Å². The van der Waals surface area contributed by atoms with Crippen molar-refractivity contribution in [3.8, 4) is 22.7 Å². The lowest BCUT2D eigenvalue weighted by molar-refractivity contribution is 0.604. The van der Waals surface area contributed by atoms with Gasteiger partial charge in [0.05, 0.1) is 5.69 Å². The maximum absolute atomic E-state index is 6.43. The highest BCUT2D eigenvalue weighted by Crippen LogP contribution is 2.39. The SMILES string of the molecule is CC(C)c1ccnc(-c2cccc3c2oc2c3ccc3nc(-c4ccccc4)oc32)c1. The molecule has 0 saturated carbocycles. The molecule has 0 unspecified atom stereocenters. The van der Waals surface area contributed by atoms with E-state index in [-0.39, 0.29) is 0 Å². The van der Waals surface area contributed by atoms with Gasteiger partial charge < -0.3 is 8.83 Å². The zero-order valence-electron chi connectivity index (χ0n) is 17.3. The van der Waals surface area contributed by atoms with Gasteiger partial charge in [0, 0.05) is 28.1 Å². The third-order valence-electron chi connectivity index (χ3n) is 5.77. The molecule has 3 aromatic carbocycles. The summed E-state index contributed by atoms with van der Waals surface area (Å²) in [4.78, 5) is 9.30. The zero-order chi connectivity index (χ0) is 20.9. The molecule has 6 rings (SSSR count). The Hall–Kier alpha value is -3.92. The molecule has 0 aliphatic carbocycles. The molecule has 0 N–H and O–H groups in total. The minimum Gasteiger partial charge on any atom is -0.451 e. The van der Waals surface area contributed by atoms with Crippen LogP contribution in [-0.2, 0) is 0 Å². The van der Waals surface area contributed by atoms with Crippen molar-refractivity contribution < 1.29 is 8.83 Å². The average molecular weight is 404 g/mol. The van der Waals surface area contributed by atoms with Crippen molar-refractivity contribution >= 4 is 33.0 Å². The van der Waals surface area contributed by atoms with Crippen LogP contribution in [0.5, 0.6) is 0 Å². The summed E-state index contributed by atoms with van der Waals surface area (Å²) < 4.78 is 12.6. The van der Waals surface area contributed by atoms with Crippen molar-refractivity contribution in [3.05, 3.63) is 84.6 Å². The summed E-state index contributed by atoms with van der Waals surface area (Å²) >= 11 is 0. The second-order valence-electron chi connectivity index (χ2n) is 8.09. The Labute approximate surface area is 179 Å². The minimum atomic E-state index is 0.432. The molecule has 3 heterocycles. The van der Waals surface area contributed by atoms with Crippen LogP contribution >= 0.6 is 0 Å². The minimum absolute atomic E-state index is 0.432. The molecule has 0 amide bonds. The van der Waals surface area contributed by atoms with E-state index in [1.54, 1.807) is 0 Å². The van der Waals surface area contributed by atoms with Gasteiger partial charge in [-0.2, -0.15) is 0 Å². The van der Waals surface area contributed by atoms with E-state index in [0.29, 0.717) is 17.4 Å². The summed E-state index contributed by atoms with van der Waals surface area (Å²) in [6.45, 7) is 4.37. The molecule has 0 radical (unpaired) electrons. The standard InChI is InChI=1S/C27H20N2O2/c1-16(2)18-13-14-28-23(15-18)21-10-6-9-19-20-11-12-22-26(25(20)30-24(19)21)31-27(29-22)17-7-4-3-5-8-17/h3-16H,1-2H3. The van der Waals surface area contributed by atoms with Crippen LogP contribution in [0.3, 0.4) is 0 Å². The van der Waals surface area contributed by atoms with Gasteiger partial charge in [0.2, 0.25) is 5.89 Å². The van der Waals surface area contributed by atoms with Crippen molar-refractivity contribution in [2.24, 2.45) is 0 Å². The summed E-state index contributed by atoms with van der Waals surface area (Å²) in [5.41, 5.74) is 7.07. The van der Waals surface area contributed by atoms with Crippen molar-refractivity contribution in [1.82, 2.24) is 9.97 Å². The van der Waals surface area contributed by atoms with E-state index < -0.39 is 0 Å². The van der Waals surface area contributed by atoms with Gasteiger partial charge in [-0.15, -0.1) is 0 Å². The summed E-state index contributed by atoms with van der Waals surface area (Å²) in [6, 6.07) is 24.4. The van der Waals surface area contributed by atoms with Gasteiger partial charge in [-0.05, 0) is 53.9 Å². The Bertz CT molecular complexity index is 1560. The highest BCUT2D eigenvalue weighted by atomic mass is 16.4. The van der Waals surface area contributed by atoms with E-state index in [2.05, 4.69) is 60.2 Å². The van der Waals surface area contributed by atoms with Crippen LogP contribution in [0.15, 0.2) is 87.8 Å². The average Bonchev–Trinajstić information content (AvgIpc) is 3.41. The van der Waals surface area contributed by atoms with E-state index >= 15 is 0 Å². The molecule has 0 aliphatic heterocycles. The van der Waals surface area contributed by atoms with Crippen molar-refractivity contribution in [2.45, 2.75) is 19.8 Å². The first-order valence-corrected chi connectivity index (χ1v) is 10.5. The Kier molecular flexibility index (Phi) is 3.93. The Morgan fingerprint density at radius 3 is 2.42 bits per heavy atom. The van der Waals surface area contributed by atoms with E-state index in [0.717, 1.165) is 44.3 Å². The Balaban J connectivity index is 1.60. The number of hydrogen-bond acceptors (Lipinski definition) is 4. The lowest BCUT2D eigenvalue weighted by atomic mass is 10.0. The highest BCUT2D eigenvalue weighted by molar-refractivity contribution is 6.15. The molecule has 4 heteroatoms. The Morgan fingerprint density at radius 1 is 0.742 bits per heavy atom. The summed E-state index contributed by atoms with van der Waals surface area (Å²) in [7, 11) is 0. The van der Waals surface area contributed by atoms with Crippen LogP contribution in [0.4, 0.5) is 0 Å². The first-order chi connectivity index (χ1) is 15.2. The lowest BCUT2D eigenvalue weighted by Gasteiger charge is -2.07. The van der Waals surface area contributed by atoms with Crippen LogP contribution in [0.25, 0.3) is 55.7 Å². The van der Waals surface area contributed by atoms with Gasteiger partial charge >= 0.3 is 0 Å². The van der Waals surface area contributed by atoms with Crippen LogP contribution in [0, 0.1) is 0 Å².